The van der Waals surface area contributed by atoms with E-state index >= 15 is 0 Å². The number of aryl methyl sites for hydroxylation is 2. The lowest BCUT2D eigenvalue weighted by atomic mass is 10.1. The first-order valence-electron chi connectivity index (χ1n) is 9.69. The molecule has 6 nitrogen and oxygen atoms in total. The zero-order valence-corrected chi connectivity index (χ0v) is 16.9. The summed E-state index contributed by atoms with van der Waals surface area (Å²) in [6.45, 7) is 4.44. The van der Waals surface area contributed by atoms with Gasteiger partial charge in [0.15, 0.2) is 0 Å². The molecule has 2 aromatic heterocycles. The number of rotatable bonds is 5. The van der Waals surface area contributed by atoms with Gasteiger partial charge in [-0.05, 0) is 67.9 Å². The number of aromatic nitrogens is 3. The molecule has 0 bridgehead atoms. The van der Waals surface area contributed by atoms with E-state index in [4.69, 9.17) is 0 Å². The van der Waals surface area contributed by atoms with E-state index < -0.39 is 0 Å². The van der Waals surface area contributed by atoms with Crippen molar-refractivity contribution in [2.75, 3.05) is 5.32 Å². The molecule has 2 aromatic carbocycles. The van der Waals surface area contributed by atoms with Crippen LogP contribution in [0.3, 0.4) is 0 Å². The van der Waals surface area contributed by atoms with Crippen LogP contribution < -0.4 is 10.9 Å². The van der Waals surface area contributed by atoms with Crippen molar-refractivity contribution in [2.24, 2.45) is 0 Å². The second-order valence-electron chi connectivity index (χ2n) is 7.20. The summed E-state index contributed by atoms with van der Waals surface area (Å²) in [6.07, 6.45) is 1.76. The van der Waals surface area contributed by atoms with Crippen molar-refractivity contribution in [1.82, 2.24) is 14.3 Å². The number of nitrogens with one attached hydrogen (secondary N) is 1. The molecule has 0 saturated heterocycles. The molecule has 0 aliphatic carbocycles. The maximum absolute atomic E-state index is 12.6. The molecule has 4 aromatic rings. The van der Waals surface area contributed by atoms with E-state index in [1.165, 1.54) is 6.07 Å². The highest BCUT2D eigenvalue weighted by atomic mass is 16.1. The summed E-state index contributed by atoms with van der Waals surface area (Å²) < 4.78 is 3.49. The average molecular weight is 398 g/mol. The minimum Gasteiger partial charge on any atom is -0.322 e. The third-order valence-corrected chi connectivity index (χ3v) is 4.85. The normalized spacial score (nSPS) is 10.7. The first-order chi connectivity index (χ1) is 14.5. The summed E-state index contributed by atoms with van der Waals surface area (Å²) in [6, 6.07) is 21.9. The van der Waals surface area contributed by atoms with Crippen molar-refractivity contribution in [2.45, 2.75) is 20.4 Å². The summed E-state index contributed by atoms with van der Waals surface area (Å²) in [5.74, 6) is -0.179. The summed E-state index contributed by atoms with van der Waals surface area (Å²) in [5.41, 5.74) is 5.12. The zero-order chi connectivity index (χ0) is 21.1. The Morgan fingerprint density at radius 1 is 0.967 bits per heavy atom. The van der Waals surface area contributed by atoms with Crippen LogP contribution in [-0.2, 0) is 6.54 Å². The first-order valence-corrected chi connectivity index (χ1v) is 9.69. The molecule has 0 atom stereocenters. The average Bonchev–Trinajstić information content (AvgIpc) is 3.09. The molecule has 6 heteroatoms. The van der Waals surface area contributed by atoms with Gasteiger partial charge in [-0.25, -0.2) is 4.68 Å². The van der Waals surface area contributed by atoms with E-state index in [0.29, 0.717) is 17.8 Å². The quantitative estimate of drug-likeness (QED) is 0.553. The number of benzene rings is 2. The van der Waals surface area contributed by atoms with Gasteiger partial charge >= 0.3 is 0 Å². The Balaban J connectivity index is 1.43. The van der Waals surface area contributed by atoms with Gasteiger partial charge in [0.2, 0.25) is 0 Å². The van der Waals surface area contributed by atoms with Gasteiger partial charge in [0.1, 0.15) is 0 Å². The molecule has 0 unspecified atom stereocenters. The van der Waals surface area contributed by atoms with E-state index in [1.807, 2.05) is 67.1 Å². The third-order valence-electron chi connectivity index (χ3n) is 4.85. The predicted octanol–water partition coefficient (Wildman–Crippen LogP) is 3.95. The van der Waals surface area contributed by atoms with Gasteiger partial charge in [0.05, 0.1) is 17.9 Å². The Bertz CT molecular complexity index is 1240. The van der Waals surface area contributed by atoms with Crippen molar-refractivity contribution >= 4 is 11.6 Å². The Morgan fingerprint density at radius 2 is 1.70 bits per heavy atom. The third kappa shape index (κ3) is 4.22. The fraction of sp³-hybridized carbons (Fsp3) is 0.125. The Morgan fingerprint density at radius 3 is 2.33 bits per heavy atom. The minimum absolute atomic E-state index is 0.0428. The Labute approximate surface area is 174 Å². The van der Waals surface area contributed by atoms with Crippen LogP contribution in [-0.4, -0.2) is 20.3 Å². The monoisotopic (exact) mass is 398 g/mol. The minimum atomic E-state index is -0.179. The number of hydrogen-bond acceptors (Lipinski definition) is 3. The molecule has 0 spiro atoms. The lowest BCUT2D eigenvalue weighted by molar-refractivity contribution is 0.102. The second-order valence-corrected chi connectivity index (χ2v) is 7.20. The number of anilines is 1. The number of hydrogen-bond donors (Lipinski definition) is 1. The highest BCUT2D eigenvalue weighted by Crippen LogP contribution is 2.15. The Hall–Kier alpha value is -3.93. The smallest absolute Gasteiger partial charge is 0.255 e. The zero-order valence-electron chi connectivity index (χ0n) is 16.9. The van der Waals surface area contributed by atoms with Crippen LogP contribution in [0.1, 0.15) is 27.3 Å². The molecule has 1 N–H and O–H groups in total. The van der Waals surface area contributed by atoms with Gasteiger partial charge in [-0.3, -0.25) is 9.59 Å². The molecule has 150 valence electrons. The molecule has 4 rings (SSSR count). The molecule has 1 amide bonds. The van der Waals surface area contributed by atoms with Crippen molar-refractivity contribution in [3.63, 3.8) is 0 Å². The predicted molar refractivity (Wildman–Crippen MR) is 117 cm³/mol. The maximum Gasteiger partial charge on any atom is 0.255 e. The number of amides is 1. The second kappa shape index (κ2) is 8.21. The molecule has 0 aliphatic rings. The number of nitrogens with zero attached hydrogens (tertiary/aromatic N) is 3. The van der Waals surface area contributed by atoms with Crippen LogP contribution in [0.2, 0.25) is 0 Å². The van der Waals surface area contributed by atoms with E-state index in [1.54, 1.807) is 29.0 Å². The van der Waals surface area contributed by atoms with Crippen LogP contribution in [0, 0.1) is 13.8 Å². The van der Waals surface area contributed by atoms with Crippen molar-refractivity contribution in [3.8, 4) is 5.69 Å². The van der Waals surface area contributed by atoms with E-state index in [-0.39, 0.29) is 11.5 Å². The SMILES string of the molecule is Cc1cc(C)n(-c2ccc(C(=O)Nc3ccc(Cn4ccccc4=O)cc3)cc2)n1. The van der Waals surface area contributed by atoms with Gasteiger partial charge in [0.25, 0.3) is 11.5 Å². The fourth-order valence-electron chi connectivity index (χ4n) is 3.33. The molecule has 2 heterocycles. The standard InChI is InChI=1S/C24H22N4O2/c1-17-15-18(2)28(26-17)22-12-8-20(9-13-22)24(30)25-21-10-6-19(7-11-21)16-27-14-4-3-5-23(27)29/h3-15H,16H2,1-2H3,(H,25,30). The van der Waals surface area contributed by atoms with Crippen LogP contribution in [0.15, 0.2) is 83.8 Å². The van der Waals surface area contributed by atoms with Crippen LogP contribution in [0.5, 0.6) is 0 Å². The molecule has 0 aliphatic heterocycles. The molecule has 0 fully saturated rings. The number of carbonyl (C=O) groups excluding carboxylic acids is 1. The van der Waals surface area contributed by atoms with Gasteiger partial charge in [-0.2, -0.15) is 5.10 Å². The molecular formula is C24H22N4O2. The van der Waals surface area contributed by atoms with Gasteiger partial charge in [-0.15, -0.1) is 0 Å². The first kappa shape index (κ1) is 19.4. The lowest BCUT2D eigenvalue weighted by Crippen LogP contribution is -2.18. The van der Waals surface area contributed by atoms with Gasteiger partial charge in [0, 0.05) is 29.2 Å². The van der Waals surface area contributed by atoms with Gasteiger partial charge < -0.3 is 9.88 Å². The molecular weight excluding hydrogens is 376 g/mol. The number of pyridine rings is 1. The van der Waals surface area contributed by atoms with Crippen LogP contribution in [0.25, 0.3) is 5.69 Å². The van der Waals surface area contributed by atoms with E-state index in [0.717, 1.165) is 22.6 Å². The van der Waals surface area contributed by atoms with E-state index in [2.05, 4.69) is 10.4 Å². The van der Waals surface area contributed by atoms with Crippen molar-refractivity contribution in [1.29, 1.82) is 0 Å². The van der Waals surface area contributed by atoms with Crippen LogP contribution in [0.4, 0.5) is 5.69 Å². The summed E-state index contributed by atoms with van der Waals surface area (Å²) in [5, 5.41) is 7.37. The largest absolute Gasteiger partial charge is 0.322 e. The summed E-state index contributed by atoms with van der Waals surface area (Å²) in [4.78, 5) is 24.4. The van der Waals surface area contributed by atoms with Gasteiger partial charge in [-0.1, -0.05) is 18.2 Å². The maximum atomic E-state index is 12.6. The van der Waals surface area contributed by atoms with E-state index in [9.17, 15) is 9.59 Å². The summed E-state index contributed by atoms with van der Waals surface area (Å²) in [7, 11) is 0. The number of carbonyl (C=O) groups is 1. The lowest BCUT2D eigenvalue weighted by Gasteiger charge is -2.09. The molecule has 0 radical (unpaired) electrons. The topological polar surface area (TPSA) is 68.9 Å². The molecule has 0 saturated carbocycles. The summed E-state index contributed by atoms with van der Waals surface area (Å²) >= 11 is 0. The Kier molecular flexibility index (Phi) is 5.30. The van der Waals surface area contributed by atoms with Crippen molar-refractivity contribution < 1.29 is 4.79 Å². The van der Waals surface area contributed by atoms with Crippen molar-refractivity contribution in [3.05, 3.63) is 112 Å². The highest BCUT2D eigenvalue weighted by molar-refractivity contribution is 6.04. The van der Waals surface area contributed by atoms with Crippen LogP contribution >= 0.6 is 0 Å². The fourth-order valence-corrected chi connectivity index (χ4v) is 3.33. The molecule has 30 heavy (non-hydrogen) atoms. The highest BCUT2D eigenvalue weighted by Gasteiger charge is 2.08.